The predicted molar refractivity (Wildman–Crippen MR) is 76.1 cm³/mol. The summed E-state index contributed by atoms with van der Waals surface area (Å²) in [5.74, 6) is 0.300. The van der Waals surface area contributed by atoms with Gasteiger partial charge in [0, 0.05) is 0 Å². The second kappa shape index (κ2) is 5.11. The molecular weight excluding hydrogens is 349 g/mol. The maximum atomic E-state index is 10.8. The van der Waals surface area contributed by atoms with Crippen molar-refractivity contribution in [3.63, 3.8) is 0 Å². The molecule has 23 heavy (non-hydrogen) atoms. The molecule has 2 aliphatic heterocycles. The van der Waals surface area contributed by atoms with Crippen LogP contribution in [-0.4, -0.2) is 53.9 Å². The third kappa shape index (κ3) is 2.43. The Kier molecular flexibility index (Phi) is 3.39. The van der Waals surface area contributed by atoms with Gasteiger partial charge in [0.2, 0.25) is 5.52 Å². The summed E-state index contributed by atoms with van der Waals surface area (Å²) in [5, 5.41) is 10.7. The maximum absolute atomic E-state index is 10.8. The zero-order chi connectivity index (χ0) is 16.4. The average molecular weight is 362 g/mol. The number of nitrogens with zero attached hydrogens (tertiary/aromatic N) is 3. The number of imidazole rings is 1. The number of anilines is 1. The number of hydrogen-bond acceptors (Lipinski definition) is 8. The molecule has 2 aromatic rings. The average Bonchev–Trinajstić information content (AvgIpc) is 3.07. The third-order valence-electron chi connectivity index (χ3n) is 3.76. The molecule has 0 amide bonds. The molecule has 0 aromatic carbocycles. The Balaban J connectivity index is 1.64. The van der Waals surface area contributed by atoms with E-state index in [9.17, 15) is 9.67 Å². The van der Waals surface area contributed by atoms with Crippen molar-refractivity contribution in [3.05, 3.63) is 6.33 Å². The van der Waals surface area contributed by atoms with Gasteiger partial charge in [-0.2, -0.15) is 9.55 Å². The molecule has 0 aliphatic carbocycles. The highest BCUT2D eigenvalue weighted by Crippen LogP contribution is 2.45. The number of H-pyrrole nitrogens is 1. The number of hydrogen-bond donors (Lipinski definition) is 5. The zero-order valence-corrected chi connectivity index (χ0v) is 13.1. The summed E-state index contributed by atoms with van der Waals surface area (Å²) in [4.78, 5) is 28.7. The fraction of sp³-hybridized carbons (Fsp3) is 0.500. The van der Waals surface area contributed by atoms with Crippen LogP contribution in [0.2, 0.25) is 0 Å². The van der Waals surface area contributed by atoms with Crippen molar-refractivity contribution in [2.45, 2.75) is 28.8 Å². The van der Waals surface area contributed by atoms with Gasteiger partial charge in [-0.05, 0) is 11.8 Å². The molecule has 0 bridgehead atoms. The first-order valence-electron chi connectivity index (χ1n) is 6.59. The van der Waals surface area contributed by atoms with Crippen molar-refractivity contribution in [3.8, 4) is 0 Å². The Hall–Kier alpha value is -1.27. The number of nitrogens with two attached hydrogens (primary N) is 1. The number of phosphoric acid groups is 1. The van der Waals surface area contributed by atoms with Crippen molar-refractivity contribution in [2.24, 2.45) is 0 Å². The zero-order valence-electron chi connectivity index (χ0n) is 11.4. The summed E-state index contributed by atoms with van der Waals surface area (Å²) >= 11 is 1.35. The number of nitrogens with one attached hydrogen (secondary N) is 1. The van der Waals surface area contributed by atoms with Gasteiger partial charge in [0.1, 0.15) is 17.5 Å². The molecule has 1 fully saturated rings. The van der Waals surface area contributed by atoms with E-state index in [0.717, 1.165) is 5.16 Å². The van der Waals surface area contributed by atoms with Crippen LogP contribution in [0.15, 0.2) is 11.5 Å². The number of phosphoric ester groups is 1. The molecule has 2 aliphatic rings. The predicted octanol–water partition coefficient (Wildman–Crippen LogP) is -1.33. The Labute approximate surface area is 133 Å². The summed E-state index contributed by atoms with van der Waals surface area (Å²) < 4.78 is 22.7. The molecular formula is C10H13N5O6PS+. The van der Waals surface area contributed by atoms with E-state index in [1.54, 1.807) is 4.57 Å². The van der Waals surface area contributed by atoms with Crippen LogP contribution in [0.4, 0.5) is 5.82 Å². The van der Waals surface area contributed by atoms with Crippen LogP contribution in [0.1, 0.15) is 6.23 Å². The molecule has 4 rings (SSSR count). The summed E-state index contributed by atoms with van der Waals surface area (Å²) in [5.41, 5.74) is 6.91. The van der Waals surface area contributed by atoms with Gasteiger partial charge in [0.05, 0.1) is 6.61 Å². The van der Waals surface area contributed by atoms with Gasteiger partial charge in [0.15, 0.2) is 18.4 Å². The van der Waals surface area contributed by atoms with Crippen molar-refractivity contribution < 1.29 is 33.3 Å². The van der Waals surface area contributed by atoms with Gasteiger partial charge < -0.3 is 25.4 Å². The normalized spacial score (nSPS) is 29.9. The third-order valence-corrected chi connectivity index (χ3v) is 5.55. The Morgan fingerprint density at radius 3 is 3.04 bits per heavy atom. The minimum atomic E-state index is -4.62. The number of aromatic nitrogens is 4. The fourth-order valence-corrected chi connectivity index (χ4v) is 4.45. The molecule has 1 saturated heterocycles. The molecule has 4 heterocycles. The van der Waals surface area contributed by atoms with E-state index in [1.807, 2.05) is 0 Å². The standard InChI is InChI=1S/C10H12N5O6PS/c11-7-4-8(13-2-12-7)15-9-6(23-10(15)14-4)5(16)3(21-9)1-20-22(17,18)19/h2-3,5-6,9,16H,1H2,(H4,11,12,13,17,18,19)/p+1. The highest BCUT2D eigenvalue weighted by Gasteiger charge is 2.54. The monoisotopic (exact) mass is 362 g/mol. The molecule has 2 aromatic heterocycles. The van der Waals surface area contributed by atoms with E-state index >= 15 is 0 Å². The quantitative estimate of drug-likeness (QED) is 0.326. The Bertz CT molecular complexity index is 825. The number of nitrogen functional groups attached to an aromatic ring is 1. The van der Waals surface area contributed by atoms with E-state index in [0.29, 0.717) is 17.0 Å². The van der Waals surface area contributed by atoms with Crippen LogP contribution in [0.3, 0.4) is 0 Å². The summed E-state index contributed by atoms with van der Waals surface area (Å²) in [7, 11) is -4.62. The topological polar surface area (TPSA) is 168 Å². The lowest BCUT2D eigenvalue weighted by molar-refractivity contribution is -0.763. The van der Waals surface area contributed by atoms with Gasteiger partial charge in [0.25, 0.3) is 5.16 Å². The Morgan fingerprint density at radius 1 is 1.52 bits per heavy atom. The van der Waals surface area contributed by atoms with Crippen LogP contribution in [-0.2, 0) is 13.8 Å². The second-order valence-electron chi connectivity index (χ2n) is 5.18. The fourth-order valence-electron chi connectivity index (χ4n) is 2.77. The number of aliphatic hydroxyl groups is 1. The second-order valence-corrected chi connectivity index (χ2v) is 7.59. The van der Waals surface area contributed by atoms with Gasteiger partial charge in [-0.25, -0.2) is 4.57 Å². The van der Waals surface area contributed by atoms with Crippen LogP contribution in [0.5, 0.6) is 0 Å². The van der Waals surface area contributed by atoms with Gasteiger partial charge in [-0.15, -0.1) is 0 Å². The lowest BCUT2D eigenvalue weighted by Gasteiger charge is -2.15. The molecule has 6 N–H and O–H groups in total. The van der Waals surface area contributed by atoms with Crippen LogP contribution >= 0.6 is 19.6 Å². The van der Waals surface area contributed by atoms with Crippen molar-refractivity contribution in [2.75, 3.05) is 12.3 Å². The van der Waals surface area contributed by atoms with Crippen molar-refractivity contribution >= 4 is 36.6 Å². The molecule has 11 nitrogen and oxygen atoms in total. The van der Waals surface area contributed by atoms with Gasteiger partial charge in [-0.3, -0.25) is 9.51 Å². The van der Waals surface area contributed by atoms with E-state index in [4.69, 9.17) is 20.3 Å². The van der Waals surface area contributed by atoms with Crippen LogP contribution in [0, 0.1) is 0 Å². The van der Waals surface area contributed by atoms with Crippen molar-refractivity contribution in [1.82, 2.24) is 15.0 Å². The van der Waals surface area contributed by atoms with Gasteiger partial charge >= 0.3 is 13.5 Å². The molecule has 4 unspecified atom stereocenters. The summed E-state index contributed by atoms with van der Waals surface area (Å²) in [6.07, 6.45) is -1.01. The highest BCUT2D eigenvalue weighted by molar-refractivity contribution is 7.99. The van der Waals surface area contributed by atoms with E-state index in [-0.39, 0.29) is 5.25 Å². The first-order valence-corrected chi connectivity index (χ1v) is 9.00. The first kappa shape index (κ1) is 15.3. The lowest BCUT2D eigenvalue weighted by Crippen LogP contribution is -2.40. The number of rotatable bonds is 3. The molecule has 0 spiro atoms. The molecule has 0 saturated carbocycles. The lowest BCUT2D eigenvalue weighted by atomic mass is 10.2. The van der Waals surface area contributed by atoms with E-state index in [2.05, 4.69) is 19.5 Å². The Morgan fingerprint density at radius 2 is 2.30 bits per heavy atom. The van der Waals surface area contributed by atoms with Crippen molar-refractivity contribution in [1.29, 1.82) is 0 Å². The minimum Gasteiger partial charge on any atom is -0.389 e. The van der Waals surface area contributed by atoms with E-state index in [1.165, 1.54) is 18.1 Å². The number of ether oxygens (including phenoxy) is 1. The smallest absolute Gasteiger partial charge is 0.389 e. The molecule has 13 heteroatoms. The largest absolute Gasteiger partial charge is 0.469 e. The number of thioether (sulfide) groups is 1. The van der Waals surface area contributed by atoms with Gasteiger partial charge in [-0.1, -0.05) is 4.98 Å². The number of fused-ring (bicyclic) bond motifs is 5. The van der Waals surface area contributed by atoms with Crippen LogP contribution in [0.25, 0.3) is 11.2 Å². The first-order chi connectivity index (χ1) is 10.8. The SMILES string of the molecule is Nc1ncnc2c1[nH]c1[n+]2C2OC(COP(=O)(O)O)C(O)C2S1. The highest BCUT2D eigenvalue weighted by atomic mass is 32.2. The van der Waals surface area contributed by atoms with E-state index < -0.39 is 32.9 Å². The van der Waals surface area contributed by atoms with Crippen LogP contribution < -0.4 is 10.3 Å². The number of aliphatic hydroxyl groups excluding tert-OH is 1. The molecule has 0 radical (unpaired) electrons. The summed E-state index contributed by atoms with van der Waals surface area (Å²) in [6.45, 7) is -0.408. The summed E-state index contributed by atoms with van der Waals surface area (Å²) in [6, 6.07) is 0. The minimum absolute atomic E-state index is 0.300. The molecule has 124 valence electrons. The molecule has 4 atom stereocenters. The number of aromatic amines is 1. The maximum Gasteiger partial charge on any atom is 0.469 e.